The Kier molecular flexibility index (Phi) is 4.45. The van der Waals surface area contributed by atoms with E-state index < -0.39 is 0 Å². The van der Waals surface area contributed by atoms with Crippen LogP contribution < -0.4 is 16.0 Å². The Balaban J connectivity index is 1.68. The van der Waals surface area contributed by atoms with Gasteiger partial charge in [-0.15, -0.1) is 0 Å². The third-order valence-corrected chi connectivity index (χ3v) is 3.60. The van der Waals surface area contributed by atoms with Gasteiger partial charge in [0.25, 0.3) is 0 Å². The lowest BCUT2D eigenvalue weighted by atomic mass is 10.1. The van der Waals surface area contributed by atoms with Gasteiger partial charge in [-0.1, -0.05) is 12.8 Å². The number of carbonyl (C=O) groups is 1. The number of hydrogen-bond donors (Lipinski definition) is 3. The topological polar surface area (TPSA) is 53.2 Å². The zero-order valence-electron chi connectivity index (χ0n) is 9.93. The number of urea groups is 1. The first kappa shape index (κ1) is 11.7. The lowest BCUT2D eigenvalue weighted by Gasteiger charge is -2.19. The summed E-state index contributed by atoms with van der Waals surface area (Å²) in [5, 5.41) is 9.52. The van der Waals surface area contributed by atoms with E-state index in [1.54, 1.807) is 0 Å². The molecule has 1 saturated heterocycles. The van der Waals surface area contributed by atoms with Gasteiger partial charge in [-0.05, 0) is 45.2 Å². The predicted octanol–water partition coefficient (Wildman–Crippen LogP) is 1.37. The van der Waals surface area contributed by atoms with Gasteiger partial charge in [-0.25, -0.2) is 4.79 Å². The average molecular weight is 225 g/mol. The van der Waals surface area contributed by atoms with Crippen molar-refractivity contribution in [3.05, 3.63) is 0 Å². The Hall–Kier alpha value is -0.770. The first-order chi connectivity index (χ1) is 7.84. The van der Waals surface area contributed by atoms with E-state index in [0.29, 0.717) is 12.1 Å². The van der Waals surface area contributed by atoms with Gasteiger partial charge in [0.15, 0.2) is 0 Å². The van der Waals surface area contributed by atoms with Gasteiger partial charge in [0.1, 0.15) is 0 Å². The summed E-state index contributed by atoms with van der Waals surface area (Å²) in [6.45, 7) is 2.11. The second-order valence-electron chi connectivity index (χ2n) is 4.98. The Morgan fingerprint density at radius 2 is 1.50 bits per heavy atom. The molecule has 0 aromatic rings. The average Bonchev–Trinajstić information content (AvgIpc) is 2.62. The SMILES string of the molecule is O=C(NC1CCCC1)NC1CCCNCC1. The van der Waals surface area contributed by atoms with E-state index in [-0.39, 0.29) is 6.03 Å². The van der Waals surface area contributed by atoms with Crippen LogP contribution in [-0.4, -0.2) is 31.2 Å². The molecule has 16 heavy (non-hydrogen) atoms. The monoisotopic (exact) mass is 225 g/mol. The van der Waals surface area contributed by atoms with Gasteiger partial charge >= 0.3 is 6.03 Å². The van der Waals surface area contributed by atoms with Crippen LogP contribution in [0.1, 0.15) is 44.9 Å². The van der Waals surface area contributed by atoms with Crippen molar-refractivity contribution in [2.75, 3.05) is 13.1 Å². The van der Waals surface area contributed by atoms with Crippen molar-refractivity contribution in [1.82, 2.24) is 16.0 Å². The van der Waals surface area contributed by atoms with Crippen LogP contribution in [0.5, 0.6) is 0 Å². The van der Waals surface area contributed by atoms with E-state index in [1.165, 1.54) is 12.8 Å². The fourth-order valence-corrected chi connectivity index (χ4v) is 2.65. The number of amides is 2. The van der Waals surface area contributed by atoms with Crippen LogP contribution in [0.3, 0.4) is 0 Å². The largest absolute Gasteiger partial charge is 0.335 e. The van der Waals surface area contributed by atoms with Gasteiger partial charge in [-0.2, -0.15) is 0 Å². The fourth-order valence-electron chi connectivity index (χ4n) is 2.65. The van der Waals surface area contributed by atoms with Gasteiger partial charge in [0.2, 0.25) is 0 Å². The molecule has 0 spiro atoms. The quantitative estimate of drug-likeness (QED) is 0.665. The molecule has 0 bridgehead atoms. The molecule has 4 nitrogen and oxygen atoms in total. The minimum atomic E-state index is 0.0406. The first-order valence-electron chi connectivity index (χ1n) is 6.62. The third-order valence-electron chi connectivity index (χ3n) is 3.60. The van der Waals surface area contributed by atoms with Crippen LogP contribution in [0, 0.1) is 0 Å². The second-order valence-corrected chi connectivity index (χ2v) is 4.98. The van der Waals surface area contributed by atoms with Crippen LogP contribution in [-0.2, 0) is 0 Å². The summed E-state index contributed by atoms with van der Waals surface area (Å²) in [5.74, 6) is 0. The Morgan fingerprint density at radius 1 is 0.875 bits per heavy atom. The van der Waals surface area contributed by atoms with Crippen LogP contribution in [0.15, 0.2) is 0 Å². The minimum Gasteiger partial charge on any atom is -0.335 e. The normalized spacial score (nSPS) is 27.4. The van der Waals surface area contributed by atoms with Crippen LogP contribution in [0.25, 0.3) is 0 Å². The molecule has 2 rings (SSSR count). The molecule has 1 atom stereocenters. The summed E-state index contributed by atoms with van der Waals surface area (Å²) in [4.78, 5) is 11.7. The minimum absolute atomic E-state index is 0.0406. The molecule has 1 aliphatic heterocycles. The molecule has 1 saturated carbocycles. The molecule has 2 amide bonds. The van der Waals surface area contributed by atoms with Crippen molar-refractivity contribution >= 4 is 6.03 Å². The molecule has 0 aromatic carbocycles. The maximum Gasteiger partial charge on any atom is 0.315 e. The van der Waals surface area contributed by atoms with Gasteiger partial charge in [0.05, 0.1) is 0 Å². The number of hydrogen-bond acceptors (Lipinski definition) is 2. The third kappa shape index (κ3) is 3.67. The molecule has 1 heterocycles. The van der Waals surface area contributed by atoms with Gasteiger partial charge < -0.3 is 16.0 Å². The highest BCUT2D eigenvalue weighted by Crippen LogP contribution is 2.17. The zero-order valence-corrected chi connectivity index (χ0v) is 9.93. The molecule has 3 N–H and O–H groups in total. The van der Waals surface area contributed by atoms with Crippen molar-refractivity contribution in [1.29, 1.82) is 0 Å². The Bertz CT molecular complexity index is 218. The first-order valence-corrected chi connectivity index (χ1v) is 6.62. The van der Waals surface area contributed by atoms with Crippen molar-refractivity contribution in [3.8, 4) is 0 Å². The molecule has 2 aliphatic rings. The molecule has 4 heteroatoms. The molecule has 1 unspecified atom stereocenters. The van der Waals surface area contributed by atoms with E-state index in [1.807, 2.05) is 0 Å². The van der Waals surface area contributed by atoms with E-state index in [4.69, 9.17) is 0 Å². The number of nitrogens with one attached hydrogen (secondary N) is 3. The van der Waals surface area contributed by atoms with Crippen molar-refractivity contribution in [3.63, 3.8) is 0 Å². The fraction of sp³-hybridized carbons (Fsp3) is 0.917. The van der Waals surface area contributed by atoms with E-state index in [9.17, 15) is 4.79 Å². The van der Waals surface area contributed by atoms with Crippen molar-refractivity contribution in [2.45, 2.75) is 57.0 Å². The smallest absolute Gasteiger partial charge is 0.315 e. The van der Waals surface area contributed by atoms with Crippen LogP contribution >= 0.6 is 0 Å². The Labute approximate surface area is 97.6 Å². The molecule has 0 radical (unpaired) electrons. The summed E-state index contributed by atoms with van der Waals surface area (Å²) >= 11 is 0. The summed E-state index contributed by atoms with van der Waals surface area (Å²) in [5.41, 5.74) is 0. The zero-order chi connectivity index (χ0) is 11.2. The van der Waals surface area contributed by atoms with Crippen molar-refractivity contribution in [2.24, 2.45) is 0 Å². The van der Waals surface area contributed by atoms with Crippen molar-refractivity contribution < 1.29 is 4.79 Å². The van der Waals surface area contributed by atoms with E-state index >= 15 is 0 Å². The highest BCUT2D eigenvalue weighted by molar-refractivity contribution is 5.74. The molecule has 1 aliphatic carbocycles. The number of rotatable bonds is 2. The molecule has 0 aromatic heterocycles. The molecule has 92 valence electrons. The predicted molar refractivity (Wildman–Crippen MR) is 64.4 cm³/mol. The lowest BCUT2D eigenvalue weighted by molar-refractivity contribution is 0.232. The van der Waals surface area contributed by atoms with Gasteiger partial charge in [0, 0.05) is 12.1 Å². The molecule has 2 fully saturated rings. The number of carbonyl (C=O) groups excluding carboxylic acids is 1. The summed E-state index contributed by atoms with van der Waals surface area (Å²) in [6.07, 6.45) is 8.15. The highest BCUT2D eigenvalue weighted by Gasteiger charge is 2.19. The summed E-state index contributed by atoms with van der Waals surface area (Å²) in [7, 11) is 0. The highest BCUT2D eigenvalue weighted by atomic mass is 16.2. The maximum absolute atomic E-state index is 11.7. The standard InChI is InChI=1S/C12H23N3O/c16-12(14-10-4-1-2-5-10)15-11-6-3-8-13-9-7-11/h10-11,13H,1-9H2,(H2,14,15,16). The van der Waals surface area contributed by atoms with Gasteiger partial charge in [-0.3, -0.25) is 0 Å². The van der Waals surface area contributed by atoms with E-state index in [2.05, 4.69) is 16.0 Å². The second kappa shape index (κ2) is 6.09. The van der Waals surface area contributed by atoms with Crippen LogP contribution in [0.4, 0.5) is 4.79 Å². The van der Waals surface area contributed by atoms with E-state index in [0.717, 1.165) is 45.2 Å². The lowest BCUT2D eigenvalue weighted by Crippen LogP contribution is -2.45. The molecular weight excluding hydrogens is 202 g/mol. The summed E-state index contributed by atoms with van der Waals surface area (Å²) in [6, 6.07) is 0.819. The van der Waals surface area contributed by atoms with Crippen LogP contribution in [0.2, 0.25) is 0 Å². The Morgan fingerprint density at radius 3 is 2.25 bits per heavy atom. The summed E-state index contributed by atoms with van der Waals surface area (Å²) < 4.78 is 0. The maximum atomic E-state index is 11.7. The molecular formula is C12H23N3O.